The predicted molar refractivity (Wildman–Crippen MR) is 175 cm³/mol. The molecule has 3 N–H and O–H groups in total. The van der Waals surface area contributed by atoms with Gasteiger partial charge in [-0.25, -0.2) is 4.89 Å². The van der Waals surface area contributed by atoms with Crippen LogP contribution < -0.4 is 10.6 Å². The molecular weight excluding hydrogens is 516 g/mol. The molecule has 0 amide bonds. The quantitative estimate of drug-likeness (QED) is 0.189. The minimum Gasteiger partial charge on any atom is -0.465 e. The largest absolute Gasteiger partial charge is 0.465 e. The molecule has 2 atom stereocenters. The van der Waals surface area contributed by atoms with E-state index in [2.05, 4.69) is 39.2 Å². The van der Waals surface area contributed by atoms with Gasteiger partial charge in [-0.2, -0.15) is 0 Å². The van der Waals surface area contributed by atoms with Crippen molar-refractivity contribution in [2.24, 2.45) is 29.1 Å². The van der Waals surface area contributed by atoms with Gasteiger partial charge >= 0.3 is 0 Å². The second kappa shape index (κ2) is 21.8. The molecule has 1 spiro atoms. The third-order valence-corrected chi connectivity index (χ3v) is 8.95. The smallest absolute Gasteiger partial charge is 0.293 e. The number of ether oxygens (including phenoxy) is 1. The summed E-state index contributed by atoms with van der Waals surface area (Å²) in [6, 6.07) is 0. The molecule has 4 heterocycles. The Morgan fingerprint density at radius 3 is 1.61 bits per heavy atom. The normalized spacial score (nSPS) is 28.5. The number of rotatable bonds is 7. The first-order valence-corrected chi connectivity index (χ1v) is 17.3. The molecule has 8 heteroatoms. The van der Waals surface area contributed by atoms with Gasteiger partial charge in [0.25, 0.3) is 6.47 Å². The van der Waals surface area contributed by atoms with Crippen LogP contribution in [0.2, 0.25) is 0 Å². The van der Waals surface area contributed by atoms with Crippen molar-refractivity contribution in [2.75, 3.05) is 65.4 Å². The van der Waals surface area contributed by atoms with Gasteiger partial charge in [-0.05, 0) is 76.5 Å². The van der Waals surface area contributed by atoms with Crippen molar-refractivity contribution in [1.29, 1.82) is 0 Å². The van der Waals surface area contributed by atoms with Crippen LogP contribution in [-0.2, 0) is 14.4 Å². The van der Waals surface area contributed by atoms with Gasteiger partial charge < -0.3 is 25.2 Å². The molecule has 0 bridgehead atoms. The number of likely N-dealkylation sites (tertiary alicyclic amines) is 2. The van der Waals surface area contributed by atoms with E-state index in [4.69, 9.17) is 9.99 Å². The first-order chi connectivity index (χ1) is 20.1. The van der Waals surface area contributed by atoms with Crippen LogP contribution in [0.1, 0.15) is 103 Å². The highest BCUT2D eigenvalue weighted by atomic mass is 17.1. The highest BCUT2D eigenvalue weighted by molar-refractivity contribution is 5.38. The molecule has 2 unspecified atom stereocenters. The number of fused-ring (bicyclic) bond motifs is 1. The number of piperidine rings is 3. The highest BCUT2D eigenvalue weighted by Gasteiger charge is 2.57. The number of hydrogen-bond donors (Lipinski definition) is 3. The van der Waals surface area contributed by atoms with E-state index < -0.39 is 0 Å². The lowest BCUT2D eigenvalue weighted by Gasteiger charge is -2.59. The molecule has 2 saturated carbocycles. The van der Waals surface area contributed by atoms with Gasteiger partial charge in [-0.1, -0.05) is 61.8 Å². The van der Waals surface area contributed by atoms with Gasteiger partial charge in [-0.3, -0.25) is 10.1 Å². The van der Waals surface area contributed by atoms with E-state index in [9.17, 15) is 4.79 Å². The molecule has 2 aliphatic carbocycles. The highest BCUT2D eigenvalue weighted by Crippen LogP contribution is 2.50. The Balaban J connectivity index is 0. The number of carbonyl (C=O) groups excluding carboxylic acids is 1. The standard InChI is InChI=1S/C13H22N2O2.C11H20N2O2.C3H8.3C2H6.2H2/c16-10-17-12-5-13(6-12)8-15(9-13)7-11-1-3-14-4-2-11;14-15-11-9-6-13(7-10(9)11)5-8-1-3-12-4-2-8;1-3-2;3*1-2;;/h10-12,14H,1-9H2;8-12,14H,1-7H2;3H2,1-2H3;3*1-2H3;2*1H. The van der Waals surface area contributed by atoms with Crippen molar-refractivity contribution in [3.05, 3.63) is 0 Å². The number of nitrogens with one attached hydrogen (secondary N) is 2. The lowest BCUT2D eigenvalue weighted by molar-refractivity contribution is -0.261. The maximum absolute atomic E-state index is 10.2. The van der Waals surface area contributed by atoms with Gasteiger partial charge in [-0.15, -0.1) is 0 Å². The van der Waals surface area contributed by atoms with Gasteiger partial charge in [0.05, 0.1) is 0 Å². The Bertz CT molecular complexity index is 628. The van der Waals surface area contributed by atoms with Crippen LogP contribution in [-0.4, -0.2) is 99.2 Å². The number of hydrogen-bond acceptors (Lipinski definition) is 8. The zero-order valence-corrected chi connectivity index (χ0v) is 28.1. The molecule has 4 saturated heterocycles. The second-order valence-corrected chi connectivity index (χ2v) is 12.1. The molecule has 0 aromatic carbocycles. The summed E-state index contributed by atoms with van der Waals surface area (Å²) >= 11 is 0. The molecule has 6 aliphatic rings. The Hall–Kier alpha value is -0.770. The molecule has 6 rings (SSSR count). The first kappa shape index (κ1) is 38.3. The van der Waals surface area contributed by atoms with Crippen LogP contribution in [0, 0.1) is 29.1 Å². The van der Waals surface area contributed by atoms with Crippen LogP contribution in [0.3, 0.4) is 0 Å². The Morgan fingerprint density at radius 1 is 0.805 bits per heavy atom. The summed E-state index contributed by atoms with van der Waals surface area (Å²) in [4.78, 5) is 19.8. The zero-order valence-electron chi connectivity index (χ0n) is 28.1. The minimum absolute atomic E-state index is 0. The second-order valence-electron chi connectivity index (χ2n) is 12.1. The molecule has 0 radical (unpaired) electrons. The van der Waals surface area contributed by atoms with E-state index in [1.54, 1.807) is 0 Å². The first-order valence-electron chi connectivity index (χ1n) is 17.3. The average Bonchev–Trinajstić information content (AvgIpc) is 3.47. The minimum atomic E-state index is 0. The third kappa shape index (κ3) is 12.4. The zero-order chi connectivity index (χ0) is 30.7. The van der Waals surface area contributed by atoms with E-state index in [0.717, 1.165) is 37.8 Å². The maximum Gasteiger partial charge on any atom is 0.293 e. The third-order valence-electron chi connectivity index (χ3n) is 8.95. The van der Waals surface area contributed by atoms with E-state index in [1.165, 1.54) is 84.5 Å². The number of carbonyl (C=O) groups is 1. The van der Waals surface area contributed by atoms with Crippen LogP contribution in [0.15, 0.2) is 0 Å². The summed E-state index contributed by atoms with van der Waals surface area (Å²) in [7, 11) is 0. The van der Waals surface area contributed by atoms with Crippen LogP contribution in [0.5, 0.6) is 0 Å². The van der Waals surface area contributed by atoms with E-state index in [0.29, 0.717) is 23.7 Å². The Kier molecular flexibility index (Phi) is 20.4. The molecule has 6 fully saturated rings. The monoisotopic (exact) mass is 589 g/mol. The van der Waals surface area contributed by atoms with Crippen molar-refractivity contribution < 1.29 is 22.5 Å². The van der Waals surface area contributed by atoms with Crippen molar-refractivity contribution >= 4 is 6.47 Å². The van der Waals surface area contributed by atoms with Crippen molar-refractivity contribution in [3.63, 3.8) is 0 Å². The summed E-state index contributed by atoms with van der Waals surface area (Å²) in [6.45, 7) is 28.9. The molecule has 0 aromatic heterocycles. The van der Waals surface area contributed by atoms with Crippen LogP contribution in [0.4, 0.5) is 0 Å². The topological polar surface area (TPSA) is 86.3 Å². The van der Waals surface area contributed by atoms with Crippen LogP contribution in [0.25, 0.3) is 0 Å². The van der Waals surface area contributed by atoms with E-state index >= 15 is 0 Å². The molecule has 248 valence electrons. The van der Waals surface area contributed by atoms with Gasteiger partial charge in [0.2, 0.25) is 0 Å². The maximum atomic E-state index is 10.2. The Labute approximate surface area is 256 Å². The fourth-order valence-electron chi connectivity index (χ4n) is 7.09. The van der Waals surface area contributed by atoms with Crippen molar-refractivity contribution in [3.8, 4) is 0 Å². The molecule has 0 aromatic rings. The molecule has 4 aliphatic heterocycles. The van der Waals surface area contributed by atoms with E-state index in [1.807, 2.05) is 41.5 Å². The lowest BCUT2D eigenvalue weighted by atomic mass is 9.61. The number of nitrogens with zero attached hydrogens (tertiary/aromatic N) is 2. The summed E-state index contributed by atoms with van der Waals surface area (Å²) in [6.07, 6.45) is 9.13. The summed E-state index contributed by atoms with van der Waals surface area (Å²) in [5, 5.41) is 15.4. The summed E-state index contributed by atoms with van der Waals surface area (Å²) in [5.74, 6) is 3.03. The SMILES string of the molecule is CC.CC.CC.CCC.O=COC1CC2(C1)CN(CC1CCNCC1)C2.OOC1C2CN(CC3CCNCC3)CC21.[HH].[HH]. The van der Waals surface area contributed by atoms with Crippen LogP contribution >= 0.6 is 0 Å². The van der Waals surface area contributed by atoms with Gasteiger partial charge in [0, 0.05) is 59.4 Å². The fraction of sp³-hybridized carbons (Fsp3) is 0.970. The summed E-state index contributed by atoms with van der Waals surface area (Å²) in [5.41, 5.74) is 0.514. The fourth-order valence-corrected chi connectivity index (χ4v) is 7.09. The lowest BCUT2D eigenvalue weighted by Crippen LogP contribution is -2.64. The van der Waals surface area contributed by atoms with Crippen molar-refractivity contribution in [1.82, 2.24) is 20.4 Å². The molecular formula is C33H72N4O4. The summed E-state index contributed by atoms with van der Waals surface area (Å²) < 4.78 is 4.99. The van der Waals surface area contributed by atoms with E-state index in [-0.39, 0.29) is 15.1 Å². The molecule has 8 nitrogen and oxygen atoms in total. The molecule has 41 heavy (non-hydrogen) atoms. The van der Waals surface area contributed by atoms with Gasteiger partial charge in [0.1, 0.15) is 12.2 Å². The average molecular weight is 589 g/mol. The van der Waals surface area contributed by atoms with Crippen molar-refractivity contribution in [2.45, 2.75) is 113 Å². The predicted octanol–water partition coefficient (Wildman–Crippen LogP) is 6.02. The Morgan fingerprint density at radius 2 is 1.22 bits per heavy atom. The van der Waals surface area contributed by atoms with Gasteiger partial charge in [0.15, 0.2) is 0 Å².